The van der Waals surface area contributed by atoms with E-state index in [2.05, 4.69) is 22.8 Å². The van der Waals surface area contributed by atoms with Gasteiger partial charge in [-0.3, -0.25) is 9.59 Å². The molecular weight excluding hydrogens is 300 g/mol. The third-order valence-electron chi connectivity index (χ3n) is 4.28. The van der Waals surface area contributed by atoms with Gasteiger partial charge >= 0.3 is 0 Å². The summed E-state index contributed by atoms with van der Waals surface area (Å²) in [6, 6.07) is 15.5. The molecule has 0 fully saturated rings. The molecule has 0 atom stereocenters. The molecule has 0 saturated heterocycles. The average Bonchev–Trinajstić information content (AvgIpc) is 2.61. The Bertz CT molecular complexity index is 726. The Kier molecular flexibility index (Phi) is 5.26. The Labute approximate surface area is 142 Å². The SMILES string of the molecule is O=C(Cc1ccc2c(c1)CCCC2)NCC(=O)Nc1ccccc1. The topological polar surface area (TPSA) is 58.2 Å². The fourth-order valence-electron chi connectivity index (χ4n) is 3.05. The molecular formula is C20H22N2O2. The van der Waals surface area contributed by atoms with Gasteiger partial charge in [-0.25, -0.2) is 0 Å². The van der Waals surface area contributed by atoms with Crippen molar-refractivity contribution in [1.82, 2.24) is 5.32 Å². The zero-order valence-corrected chi connectivity index (χ0v) is 13.7. The fourth-order valence-corrected chi connectivity index (χ4v) is 3.05. The van der Waals surface area contributed by atoms with Crippen LogP contribution in [0.5, 0.6) is 0 Å². The van der Waals surface area contributed by atoms with Gasteiger partial charge in [0.25, 0.3) is 0 Å². The van der Waals surface area contributed by atoms with E-state index in [1.807, 2.05) is 36.4 Å². The number of rotatable bonds is 5. The Morgan fingerprint density at radius 1 is 0.875 bits per heavy atom. The van der Waals surface area contributed by atoms with E-state index >= 15 is 0 Å². The van der Waals surface area contributed by atoms with E-state index in [0.29, 0.717) is 6.42 Å². The minimum Gasteiger partial charge on any atom is -0.347 e. The van der Waals surface area contributed by atoms with Crippen LogP contribution in [0.2, 0.25) is 0 Å². The second-order valence-electron chi connectivity index (χ2n) is 6.18. The Hall–Kier alpha value is -2.62. The van der Waals surface area contributed by atoms with E-state index in [-0.39, 0.29) is 18.4 Å². The summed E-state index contributed by atoms with van der Waals surface area (Å²) < 4.78 is 0. The van der Waals surface area contributed by atoms with Crippen LogP contribution in [-0.4, -0.2) is 18.4 Å². The molecule has 2 N–H and O–H groups in total. The van der Waals surface area contributed by atoms with Crippen molar-refractivity contribution in [2.45, 2.75) is 32.1 Å². The van der Waals surface area contributed by atoms with Crippen molar-refractivity contribution in [2.75, 3.05) is 11.9 Å². The van der Waals surface area contributed by atoms with Crippen molar-refractivity contribution in [3.8, 4) is 0 Å². The van der Waals surface area contributed by atoms with E-state index in [9.17, 15) is 9.59 Å². The van der Waals surface area contributed by atoms with Crippen LogP contribution in [0.1, 0.15) is 29.5 Å². The lowest BCUT2D eigenvalue weighted by molar-refractivity contribution is -0.123. The van der Waals surface area contributed by atoms with Gasteiger partial charge in [0.2, 0.25) is 11.8 Å². The molecule has 0 saturated carbocycles. The zero-order chi connectivity index (χ0) is 16.8. The maximum Gasteiger partial charge on any atom is 0.243 e. The number of nitrogens with one attached hydrogen (secondary N) is 2. The van der Waals surface area contributed by atoms with Gasteiger partial charge in [-0.15, -0.1) is 0 Å². The minimum absolute atomic E-state index is 0.0152. The number of carbonyl (C=O) groups is 2. The number of carbonyl (C=O) groups excluding carboxylic acids is 2. The zero-order valence-electron chi connectivity index (χ0n) is 13.7. The molecule has 1 aliphatic carbocycles. The quantitative estimate of drug-likeness (QED) is 0.889. The molecule has 0 aliphatic heterocycles. The third-order valence-corrected chi connectivity index (χ3v) is 4.28. The van der Waals surface area contributed by atoms with Gasteiger partial charge in [0.1, 0.15) is 0 Å². The number of hydrogen-bond donors (Lipinski definition) is 2. The van der Waals surface area contributed by atoms with E-state index < -0.39 is 0 Å². The lowest BCUT2D eigenvalue weighted by Crippen LogP contribution is -2.33. The first kappa shape index (κ1) is 16.2. The second kappa shape index (κ2) is 7.77. The van der Waals surface area contributed by atoms with Crippen LogP contribution in [0.3, 0.4) is 0 Å². The highest BCUT2D eigenvalue weighted by Gasteiger charge is 2.11. The van der Waals surface area contributed by atoms with E-state index in [1.54, 1.807) is 0 Å². The number of anilines is 1. The molecule has 4 nitrogen and oxygen atoms in total. The number of aryl methyl sites for hydroxylation is 2. The molecule has 2 aromatic rings. The largest absolute Gasteiger partial charge is 0.347 e. The van der Waals surface area contributed by atoms with Crippen LogP contribution in [-0.2, 0) is 28.9 Å². The normalized spacial score (nSPS) is 13.0. The molecule has 2 aromatic carbocycles. The van der Waals surface area contributed by atoms with Crippen molar-refractivity contribution in [3.05, 3.63) is 65.2 Å². The number of fused-ring (bicyclic) bond motifs is 1. The Morgan fingerprint density at radius 2 is 1.62 bits per heavy atom. The molecule has 0 unspecified atom stereocenters. The van der Waals surface area contributed by atoms with Crippen molar-refractivity contribution >= 4 is 17.5 Å². The predicted molar refractivity (Wildman–Crippen MR) is 94.9 cm³/mol. The molecule has 4 heteroatoms. The van der Waals surface area contributed by atoms with Crippen molar-refractivity contribution < 1.29 is 9.59 Å². The first-order valence-electron chi connectivity index (χ1n) is 8.43. The fraction of sp³-hybridized carbons (Fsp3) is 0.300. The highest BCUT2D eigenvalue weighted by molar-refractivity contribution is 5.94. The van der Waals surface area contributed by atoms with Crippen LogP contribution >= 0.6 is 0 Å². The highest BCUT2D eigenvalue weighted by atomic mass is 16.2. The van der Waals surface area contributed by atoms with Crippen LogP contribution in [0.25, 0.3) is 0 Å². The Morgan fingerprint density at radius 3 is 2.42 bits per heavy atom. The summed E-state index contributed by atoms with van der Waals surface area (Å²) in [5.41, 5.74) is 4.52. The first-order valence-corrected chi connectivity index (χ1v) is 8.43. The van der Waals surface area contributed by atoms with Crippen LogP contribution in [0, 0.1) is 0 Å². The summed E-state index contributed by atoms with van der Waals surface area (Å²) in [5, 5.41) is 5.43. The summed E-state index contributed by atoms with van der Waals surface area (Å²) in [7, 11) is 0. The highest BCUT2D eigenvalue weighted by Crippen LogP contribution is 2.22. The molecule has 0 aromatic heterocycles. The first-order chi connectivity index (χ1) is 11.7. The summed E-state index contributed by atoms with van der Waals surface area (Å²) in [4.78, 5) is 23.9. The molecule has 0 bridgehead atoms. The minimum atomic E-state index is -0.222. The lowest BCUT2D eigenvalue weighted by Gasteiger charge is -2.16. The van der Waals surface area contributed by atoms with Gasteiger partial charge in [0.05, 0.1) is 13.0 Å². The summed E-state index contributed by atoms with van der Waals surface area (Å²) in [6.07, 6.45) is 5.03. The van der Waals surface area contributed by atoms with Crippen LogP contribution < -0.4 is 10.6 Å². The van der Waals surface area contributed by atoms with Crippen molar-refractivity contribution in [1.29, 1.82) is 0 Å². The number of para-hydroxylation sites is 1. The monoisotopic (exact) mass is 322 g/mol. The van der Waals surface area contributed by atoms with Gasteiger partial charge in [-0.1, -0.05) is 36.4 Å². The summed E-state index contributed by atoms with van der Waals surface area (Å²) in [5.74, 6) is -0.353. The predicted octanol–water partition coefficient (Wildman–Crippen LogP) is 2.86. The molecule has 1 aliphatic rings. The molecule has 0 heterocycles. The second-order valence-corrected chi connectivity index (χ2v) is 6.18. The number of benzene rings is 2. The van der Waals surface area contributed by atoms with Gasteiger partial charge in [0, 0.05) is 5.69 Å². The molecule has 2 amide bonds. The molecule has 0 radical (unpaired) electrons. The van der Waals surface area contributed by atoms with Crippen LogP contribution in [0.4, 0.5) is 5.69 Å². The van der Waals surface area contributed by atoms with Gasteiger partial charge in [-0.2, -0.15) is 0 Å². The standard InChI is InChI=1S/C20H22N2O2/c23-19(21-14-20(24)22-18-8-2-1-3-9-18)13-15-10-11-16-6-4-5-7-17(16)12-15/h1-3,8-12H,4-7,13-14H2,(H,21,23)(H,22,24). The Balaban J connectivity index is 1.48. The van der Waals surface area contributed by atoms with E-state index in [4.69, 9.17) is 0 Å². The smallest absolute Gasteiger partial charge is 0.243 e. The van der Waals surface area contributed by atoms with Gasteiger partial charge in [0.15, 0.2) is 0 Å². The number of hydrogen-bond acceptors (Lipinski definition) is 2. The van der Waals surface area contributed by atoms with Gasteiger partial charge < -0.3 is 10.6 Å². The third kappa shape index (κ3) is 4.44. The number of amides is 2. The van der Waals surface area contributed by atoms with Crippen molar-refractivity contribution in [3.63, 3.8) is 0 Å². The van der Waals surface area contributed by atoms with Gasteiger partial charge in [-0.05, 0) is 54.5 Å². The summed E-state index contributed by atoms with van der Waals surface area (Å²) >= 11 is 0. The van der Waals surface area contributed by atoms with Crippen molar-refractivity contribution in [2.24, 2.45) is 0 Å². The maximum absolute atomic E-state index is 12.0. The van der Waals surface area contributed by atoms with E-state index in [0.717, 1.165) is 24.1 Å². The molecule has 0 spiro atoms. The van der Waals surface area contributed by atoms with Crippen LogP contribution in [0.15, 0.2) is 48.5 Å². The molecule has 3 rings (SSSR count). The average molecular weight is 322 g/mol. The van der Waals surface area contributed by atoms with E-state index in [1.165, 1.54) is 24.0 Å². The molecule has 124 valence electrons. The lowest BCUT2D eigenvalue weighted by atomic mass is 9.90. The summed E-state index contributed by atoms with van der Waals surface area (Å²) in [6.45, 7) is -0.0152. The maximum atomic E-state index is 12.0. The molecule has 24 heavy (non-hydrogen) atoms.